The molecule has 0 bridgehead atoms. The molecule has 0 saturated carbocycles. The molecule has 0 aliphatic heterocycles. The molecule has 2 N–H and O–H groups in total. The lowest BCUT2D eigenvalue weighted by Gasteiger charge is -2.09. The number of hydrogen-bond acceptors (Lipinski definition) is 5. The topological polar surface area (TPSA) is 84.0 Å². The number of halogens is 1. The zero-order valence-corrected chi connectivity index (χ0v) is 11.5. The van der Waals surface area contributed by atoms with Gasteiger partial charge < -0.3 is 5.32 Å². The van der Waals surface area contributed by atoms with E-state index in [-0.39, 0.29) is 5.69 Å². The Kier molecular flexibility index (Phi) is 4.26. The largest absolute Gasteiger partial charge is 0.316 e. The van der Waals surface area contributed by atoms with Gasteiger partial charge in [0.2, 0.25) is 0 Å². The molecule has 1 aromatic heterocycles. The van der Waals surface area contributed by atoms with Crippen LogP contribution in [0.15, 0.2) is 41.8 Å². The van der Waals surface area contributed by atoms with Crippen molar-refractivity contribution in [2.45, 2.75) is 11.4 Å². The predicted octanol–water partition coefficient (Wildman–Crippen LogP) is 1.14. The van der Waals surface area contributed by atoms with Gasteiger partial charge in [0, 0.05) is 6.54 Å². The normalized spacial score (nSPS) is 11.3. The minimum Gasteiger partial charge on any atom is -0.316 e. The first-order valence-electron chi connectivity index (χ1n) is 5.74. The molecule has 6 nitrogen and oxygen atoms in total. The van der Waals surface area contributed by atoms with E-state index in [2.05, 4.69) is 20.0 Å². The lowest BCUT2D eigenvalue weighted by molar-refractivity contribution is 0.568. The molecule has 0 unspecified atom stereocenters. The average molecular weight is 296 g/mol. The fourth-order valence-corrected chi connectivity index (χ4v) is 2.73. The molecule has 2 aromatic rings. The van der Waals surface area contributed by atoms with E-state index in [1.54, 1.807) is 13.1 Å². The number of anilines is 1. The lowest BCUT2D eigenvalue weighted by Crippen LogP contribution is -2.15. The van der Waals surface area contributed by atoms with Crippen molar-refractivity contribution in [1.82, 2.24) is 15.3 Å². The molecule has 8 heteroatoms. The van der Waals surface area contributed by atoms with Gasteiger partial charge in [-0.05, 0) is 24.7 Å². The highest BCUT2D eigenvalue weighted by Gasteiger charge is 2.19. The third-order valence-electron chi connectivity index (χ3n) is 2.48. The van der Waals surface area contributed by atoms with Crippen LogP contribution in [0.1, 0.15) is 5.56 Å². The van der Waals surface area contributed by atoms with Crippen LogP contribution in [0.4, 0.5) is 10.1 Å². The molecular formula is C12H13FN4O2S. The van der Waals surface area contributed by atoms with E-state index in [1.807, 2.05) is 0 Å². The van der Waals surface area contributed by atoms with Gasteiger partial charge in [0.25, 0.3) is 10.0 Å². The third kappa shape index (κ3) is 3.28. The molecule has 1 heterocycles. The second kappa shape index (κ2) is 5.93. The van der Waals surface area contributed by atoms with E-state index >= 15 is 0 Å². The molecule has 0 aliphatic rings. The molecule has 0 spiro atoms. The second-order valence-electron chi connectivity index (χ2n) is 4.03. The fourth-order valence-electron chi connectivity index (χ4n) is 1.64. The van der Waals surface area contributed by atoms with Gasteiger partial charge in [0.15, 0.2) is 0 Å². The molecule has 0 saturated heterocycles. The molecule has 0 radical (unpaired) electrons. The Morgan fingerprint density at radius 2 is 1.95 bits per heavy atom. The van der Waals surface area contributed by atoms with Crippen LogP contribution >= 0.6 is 0 Å². The Morgan fingerprint density at radius 1 is 1.25 bits per heavy atom. The Hall–Kier alpha value is -2.06. The van der Waals surface area contributed by atoms with Crippen molar-refractivity contribution in [1.29, 1.82) is 0 Å². The van der Waals surface area contributed by atoms with Gasteiger partial charge in [-0.15, -0.1) is 0 Å². The number of sulfonamides is 1. The monoisotopic (exact) mass is 296 g/mol. The summed E-state index contributed by atoms with van der Waals surface area (Å²) < 4.78 is 40.3. The van der Waals surface area contributed by atoms with Gasteiger partial charge in [-0.1, -0.05) is 6.07 Å². The Bertz CT molecular complexity index is 692. The number of rotatable bonds is 5. The van der Waals surface area contributed by atoms with Crippen molar-refractivity contribution in [2.75, 3.05) is 11.8 Å². The summed E-state index contributed by atoms with van der Waals surface area (Å²) in [7, 11) is -2.28. The summed E-state index contributed by atoms with van der Waals surface area (Å²) in [6, 6.07) is 3.97. The van der Waals surface area contributed by atoms with Crippen molar-refractivity contribution in [3.63, 3.8) is 0 Å². The maximum absolute atomic E-state index is 13.9. The second-order valence-corrected chi connectivity index (χ2v) is 5.68. The van der Waals surface area contributed by atoms with Gasteiger partial charge in [-0.3, -0.25) is 4.72 Å². The summed E-state index contributed by atoms with van der Waals surface area (Å²) >= 11 is 0. The molecule has 0 atom stereocenters. The Labute approximate surface area is 116 Å². The first-order valence-corrected chi connectivity index (χ1v) is 7.22. The van der Waals surface area contributed by atoms with Crippen molar-refractivity contribution in [2.24, 2.45) is 0 Å². The van der Waals surface area contributed by atoms with Crippen molar-refractivity contribution in [3.05, 3.63) is 48.3 Å². The summed E-state index contributed by atoms with van der Waals surface area (Å²) in [5.74, 6) is -0.804. The van der Waals surface area contributed by atoms with Crippen LogP contribution in [-0.2, 0) is 16.6 Å². The van der Waals surface area contributed by atoms with Gasteiger partial charge in [0.05, 0.1) is 18.1 Å². The Balaban J connectivity index is 2.30. The van der Waals surface area contributed by atoms with Crippen LogP contribution < -0.4 is 10.0 Å². The molecular weight excluding hydrogens is 283 g/mol. The highest BCUT2D eigenvalue weighted by atomic mass is 32.2. The number of aromatic nitrogens is 2. The average Bonchev–Trinajstić information content (AvgIpc) is 2.39. The van der Waals surface area contributed by atoms with Crippen molar-refractivity contribution < 1.29 is 12.8 Å². The van der Waals surface area contributed by atoms with Crippen LogP contribution in [0.2, 0.25) is 0 Å². The van der Waals surface area contributed by atoms with E-state index in [4.69, 9.17) is 0 Å². The van der Waals surface area contributed by atoms with E-state index in [1.165, 1.54) is 30.9 Å². The highest BCUT2D eigenvalue weighted by Crippen LogP contribution is 2.19. The molecule has 0 aliphatic carbocycles. The minimum atomic E-state index is -4.00. The molecule has 0 amide bonds. The van der Waals surface area contributed by atoms with Gasteiger partial charge in [-0.2, -0.15) is 0 Å². The number of nitrogens with one attached hydrogen (secondary N) is 2. The lowest BCUT2D eigenvalue weighted by atomic mass is 10.2. The summed E-state index contributed by atoms with van der Waals surface area (Å²) in [5.41, 5.74) is 0.832. The maximum Gasteiger partial charge on any atom is 0.264 e. The first kappa shape index (κ1) is 14.4. The zero-order chi connectivity index (χ0) is 14.6. The van der Waals surface area contributed by atoms with Crippen LogP contribution in [0.25, 0.3) is 0 Å². The molecule has 1 aromatic carbocycles. The molecule has 20 heavy (non-hydrogen) atoms. The predicted molar refractivity (Wildman–Crippen MR) is 72.0 cm³/mol. The fraction of sp³-hybridized carbons (Fsp3) is 0.167. The van der Waals surface area contributed by atoms with E-state index in [0.29, 0.717) is 12.1 Å². The van der Waals surface area contributed by atoms with Gasteiger partial charge in [0.1, 0.15) is 17.0 Å². The van der Waals surface area contributed by atoms with Crippen molar-refractivity contribution >= 4 is 15.7 Å². The summed E-state index contributed by atoms with van der Waals surface area (Å²) in [4.78, 5) is 6.95. The van der Waals surface area contributed by atoms with Crippen LogP contribution in [-0.4, -0.2) is 25.4 Å². The highest BCUT2D eigenvalue weighted by molar-refractivity contribution is 7.92. The minimum absolute atomic E-state index is 0.172. The maximum atomic E-state index is 13.9. The standard InChI is InChI=1S/C12H13FN4O2S/c1-14-5-9-2-3-12(11(13)4-9)20(18,19)17-10-6-15-8-16-7-10/h2-4,6-8,14,17H,5H2,1H3. The van der Waals surface area contributed by atoms with Gasteiger partial charge >= 0.3 is 0 Å². The van der Waals surface area contributed by atoms with Gasteiger partial charge in [-0.25, -0.2) is 22.8 Å². The quantitative estimate of drug-likeness (QED) is 0.864. The smallest absolute Gasteiger partial charge is 0.264 e. The summed E-state index contributed by atoms with van der Waals surface area (Å²) in [6.45, 7) is 0.456. The number of hydrogen-bond donors (Lipinski definition) is 2. The van der Waals surface area contributed by atoms with E-state index in [0.717, 1.165) is 0 Å². The third-order valence-corrected chi connectivity index (χ3v) is 3.89. The van der Waals surface area contributed by atoms with Crippen molar-refractivity contribution in [3.8, 4) is 0 Å². The van der Waals surface area contributed by atoms with Crippen LogP contribution in [0.3, 0.4) is 0 Å². The zero-order valence-electron chi connectivity index (χ0n) is 10.7. The molecule has 106 valence electrons. The first-order chi connectivity index (χ1) is 9.53. The van der Waals surface area contributed by atoms with Crippen LogP contribution in [0.5, 0.6) is 0 Å². The van der Waals surface area contributed by atoms with E-state index in [9.17, 15) is 12.8 Å². The summed E-state index contributed by atoms with van der Waals surface area (Å²) in [5, 5.41) is 2.86. The number of benzene rings is 1. The molecule has 0 fully saturated rings. The van der Waals surface area contributed by atoms with E-state index < -0.39 is 20.7 Å². The molecule has 2 rings (SSSR count). The Morgan fingerprint density at radius 3 is 2.55 bits per heavy atom. The number of nitrogens with zero attached hydrogens (tertiary/aromatic N) is 2. The SMILES string of the molecule is CNCc1ccc(S(=O)(=O)Nc2cncnc2)c(F)c1. The van der Waals surface area contributed by atoms with Crippen LogP contribution in [0, 0.1) is 5.82 Å². The summed E-state index contributed by atoms with van der Waals surface area (Å²) in [6.07, 6.45) is 3.85.